The molecule has 184 valence electrons. The summed E-state index contributed by atoms with van der Waals surface area (Å²) < 4.78 is 59.2. The Morgan fingerprint density at radius 1 is 1.17 bits per heavy atom. The number of carbonyl (C=O) groups excluding carboxylic acids is 4. The van der Waals surface area contributed by atoms with Crippen LogP contribution >= 0.6 is 0 Å². The molecule has 1 unspecified atom stereocenters. The zero-order valence-electron chi connectivity index (χ0n) is 18.5. The number of benzene rings is 2. The van der Waals surface area contributed by atoms with E-state index in [0.717, 1.165) is 14.0 Å². The van der Waals surface area contributed by atoms with Crippen LogP contribution in [0.15, 0.2) is 30.3 Å². The molecule has 0 aromatic heterocycles. The van der Waals surface area contributed by atoms with Crippen LogP contribution in [0.2, 0.25) is 0 Å². The van der Waals surface area contributed by atoms with E-state index < -0.39 is 53.1 Å². The van der Waals surface area contributed by atoms with Crippen molar-refractivity contribution in [1.82, 2.24) is 10.2 Å². The monoisotopic (exact) mass is 493 g/mol. The summed E-state index contributed by atoms with van der Waals surface area (Å²) in [6, 6.07) is 4.53. The Morgan fingerprint density at radius 3 is 2.54 bits per heavy atom. The van der Waals surface area contributed by atoms with Crippen LogP contribution in [0.3, 0.4) is 0 Å². The Labute approximate surface area is 196 Å². The molecule has 2 aromatic carbocycles. The number of aryl methyl sites for hydroxylation is 1. The molecule has 4 rings (SSSR count). The fourth-order valence-corrected chi connectivity index (χ4v) is 4.09. The molecule has 0 radical (unpaired) electrons. The highest BCUT2D eigenvalue weighted by molar-refractivity contribution is 6.05. The number of fused-ring (bicyclic) bond motifs is 1. The van der Waals surface area contributed by atoms with E-state index in [9.17, 15) is 36.7 Å². The Bertz CT molecular complexity index is 1260. The first-order valence-electron chi connectivity index (χ1n) is 10.5. The summed E-state index contributed by atoms with van der Waals surface area (Å²) in [5.74, 6) is -2.63. The number of carbonyl (C=O) groups is 4. The molecule has 2 aliphatic heterocycles. The Kier molecular flexibility index (Phi) is 5.99. The summed E-state index contributed by atoms with van der Waals surface area (Å²) in [5, 5.41) is 2.19. The standard InChI is InChI=1S/C23H19F4N3O5/c1-11-7-16(24)18(9-15(11)23(25,26)27)29(2)22(34)35-13-4-3-12-10-30(21(33)14(12)8-13)17-5-6-19(31)28-20(17)32/h3-4,7-9,17H,5-6,10H2,1-2H3,(H,28,31,32). The fourth-order valence-electron chi connectivity index (χ4n) is 4.09. The number of anilines is 1. The van der Waals surface area contributed by atoms with Gasteiger partial charge in [0.05, 0.1) is 11.3 Å². The molecule has 0 bridgehead atoms. The number of hydrogen-bond donors (Lipinski definition) is 1. The van der Waals surface area contributed by atoms with Crippen LogP contribution < -0.4 is 15.0 Å². The second-order valence-electron chi connectivity index (χ2n) is 8.26. The summed E-state index contributed by atoms with van der Waals surface area (Å²) >= 11 is 0. The van der Waals surface area contributed by atoms with Crippen molar-refractivity contribution in [1.29, 1.82) is 0 Å². The summed E-state index contributed by atoms with van der Waals surface area (Å²) in [7, 11) is 1.06. The highest BCUT2D eigenvalue weighted by Gasteiger charge is 2.39. The van der Waals surface area contributed by atoms with Gasteiger partial charge in [0, 0.05) is 25.6 Å². The van der Waals surface area contributed by atoms with E-state index in [1.54, 1.807) is 0 Å². The number of piperidine rings is 1. The maximum absolute atomic E-state index is 14.4. The van der Waals surface area contributed by atoms with Gasteiger partial charge in [0.2, 0.25) is 11.8 Å². The number of nitrogens with one attached hydrogen (secondary N) is 1. The molecule has 2 heterocycles. The average molecular weight is 493 g/mol. The number of halogens is 4. The number of hydrogen-bond acceptors (Lipinski definition) is 5. The third-order valence-electron chi connectivity index (χ3n) is 5.94. The van der Waals surface area contributed by atoms with Gasteiger partial charge in [-0.05, 0) is 48.7 Å². The molecule has 0 aliphatic carbocycles. The lowest BCUT2D eigenvalue weighted by Gasteiger charge is -2.29. The van der Waals surface area contributed by atoms with Crippen molar-refractivity contribution in [3.05, 3.63) is 58.4 Å². The highest BCUT2D eigenvalue weighted by Crippen LogP contribution is 2.36. The lowest BCUT2D eigenvalue weighted by atomic mass is 10.0. The highest BCUT2D eigenvalue weighted by atomic mass is 19.4. The van der Waals surface area contributed by atoms with Crippen LogP contribution in [-0.4, -0.2) is 41.8 Å². The van der Waals surface area contributed by atoms with Crippen molar-refractivity contribution >= 4 is 29.5 Å². The van der Waals surface area contributed by atoms with Gasteiger partial charge in [0.25, 0.3) is 5.91 Å². The van der Waals surface area contributed by atoms with E-state index in [4.69, 9.17) is 4.74 Å². The van der Waals surface area contributed by atoms with Crippen molar-refractivity contribution in [2.75, 3.05) is 11.9 Å². The molecule has 1 saturated heterocycles. The molecule has 1 atom stereocenters. The summed E-state index contributed by atoms with van der Waals surface area (Å²) in [6.45, 7) is 1.22. The molecule has 35 heavy (non-hydrogen) atoms. The van der Waals surface area contributed by atoms with Crippen molar-refractivity contribution < 1.29 is 41.5 Å². The lowest BCUT2D eigenvalue weighted by molar-refractivity contribution is -0.138. The number of alkyl halides is 3. The zero-order chi connectivity index (χ0) is 25.7. The molecule has 12 heteroatoms. The minimum absolute atomic E-state index is 0.0946. The second-order valence-corrected chi connectivity index (χ2v) is 8.26. The predicted octanol–water partition coefficient (Wildman–Crippen LogP) is 3.55. The van der Waals surface area contributed by atoms with E-state index >= 15 is 0 Å². The van der Waals surface area contributed by atoms with Crippen molar-refractivity contribution in [2.24, 2.45) is 0 Å². The third-order valence-corrected chi connectivity index (χ3v) is 5.94. The molecule has 1 N–H and O–H groups in total. The van der Waals surface area contributed by atoms with Gasteiger partial charge in [-0.25, -0.2) is 9.18 Å². The molecule has 4 amide bonds. The first-order valence-corrected chi connectivity index (χ1v) is 10.5. The van der Waals surface area contributed by atoms with Gasteiger partial charge in [-0.3, -0.25) is 24.6 Å². The van der Waals surface area contributed by atoms with Gasteiger partial charge in [0.15, 0.2) is 0 Å². The zero-order valence-corrected chi connectivity index (χ0v) is 18.5. The molecular weight excluding hydrogens is 474 g/mol. The van der Waals surface area contributed by atoms with Gasteiger partial charge in [-0.1, -0.05) is 6.07 Å². The first kappa shape index (κ1) is 24.2. The summed E-state index contributed by atoms with van der Waals surface area (Å²) in [5.41, 5.74) is -1.33. The smallest absolute Gasteiger partial charge is 0.410 e. The van der Waals surface area contributed by atoms with E-state index in [-0.39, 0.29) is 36.3 Å². The molecule has 2 aromatic rings. The average Bonchev–Trinajstić information content (AvgIpc) is 3.08. The normalized spacial score (nSPS) is 17.8. The molecular formula is C23H19F4N3O5. The quantitative estimate of drug-likeness (QED) is 0.521. The van der Waals surface area contributed by atoms with Crippen LogP contribution in [0, 0.1) is 12.7 Å². The fraction of sp³-hybridized carbons (Fsp3) is 0.304. The molecule has 0 saturated carbocycles. The summed E-state index contributed by atoms with van der Waals surface area (Å²) in [6.07, 6.45) is -5.64. The number of imide groups is 1. The molecule has 1 fully saturated rings. The van der Waals surface area contributed by atoms with Crippen LogP contribution in [0.4, 0.5) is 28.0 Å². The van der Waals surface area contributed by atoms with Crippen LogP contribution in [-0.2, 0) is 22.3 Å². The van der Waals surface area contributed by atoms with Gasteiger partial charge >= 0.3 is 12.3 Å². The summed E-state index contributed by atoms with van der Waals surface area (Å²) in [4.78, 5) is 50.9. The minimum atomic E-state index is -4.74. The van der Waals surface area contributed by atoms with E-state index in [0.29, 0.717) is 22.6 Å². The maximum Gasteiger partial charge on any atom is 0.419 e. The number of rotatable bonds is 3. The van der Waals surface area contributed by atoms with Crippen molar-refractivity contribution in [3.63, 3.8) is 0 Å². The Hall–Kier alpha value is -3.96. The SMILES string of the molecule is Cc1cc(F)c(N(C)C(=O)Oc2ccc3c(c2)C(=O)N(C2CCC(=O)NC2=O)C3)cc1C(F)(F)F. The van der Waals surface area contributed by atoms with E-state index in [1.165, 1.54) is 23.1 Å². The van der Waals surface area contributed by atoms with Gasteiger partial charge in [-0.15, -0.1) is 0 Å². The van der Waals surface area contributed by atoms with Gasteiger partial charge < -0.3 is 9.64 Å². The Morgan fingerprint density at radius 2 is 1.89 bits per heavy atom. The lowest BCUT2D eigenvalue weighted by Crippen LogP contribution is -2.52. The van der Waals surface area contributed by atoms with E-state index in [1.807, 2.05) is 0 Å². The van der Waals surface area contributed by atoms with Crippen molar-refractivity contribution in [2.45, 2.75) is 38.5 Å². The third kappa shape index (κ3) is 4.55. The minimum Gasteiger partial charge on any atom is -0.410 e. The van der Waals surface area contributed by atoms with Gasteiger partial charge in [0.1, 0.15) is 17.6 Å². The van der Waals surface area contributed by atoms with Crippen LogP contribution in [0.5, 0.6) is 5.75 Å². The number of ether oxygens (including phenoxy) is 1. The maximum atomic E-state index is 14.4. The van der Waals surface area contributed by atoms with Crippen LogP contribution in [0.25, 0.3) is 0 Å². The largest absolute Gasteiger partial charge is 0.419 e. The molecule has 8 nitrogen and oxygen atoms in total. The molecule has 0 spiro atoms. The first-order chi connectivity index (χ1) is 16.4. The molecule has 2 aliphatic rings. The van der Waals surface area contributed by atoms with Gasteiger partial charge in [-0.2, -0.15) is 13.2 Å². The van der Waals surface area contributed by atoms with E-state index in [2.05, 4.69) is 5.32 Å². The van der Waals surface area contributed by atoms with Crippen molar-refractivity contribution in [3.8, 4) is 5.75 Å². The second kappa shape index (κ2) is 8.67. The number of nitrogens with zero attached hydrogens (tertiary/aromatic N) is 2. The predicted molar refractivity (Wildman–Crippen MR) is 113 cm³/mol. The van der Waals surface area contributed by atoms with Crippen LogP contribution in [0.1, 0.15) is 39.9 Å². The number of amides is 4. The Balaban J connectivity index is 1.52. The topological polar surface area (TPSA) is 96.0 Å².